The van der Waals surface area contributed by atoms with Gasteiger partial charge in [-0.05, 0) is 24.8 Å². The summed E-state index contributed by atoms with van der Waals surface area (Å²) in [6.45, 7) is 2.22. The molecule has 0 amide bonds. The van der Waals surface area contributed by atoms with Gasteiger partial charge in [0.1, 0.15) is 0 Å². The van der Waals surface area contributed by atoms with Crippen molar-refractivity contribution < 1.29 is 8.76 Å². The summed E-state index contributed by atoms with van der Waals surface area (Å²) in [7, 11) is 0. The van der Waals surface area contributed by atoms with Gasteiger partial charge in [0.25, 0.3) is 0 Å². The molecule has 3 unspecified atom stereocenters. The Labute approximate surface area is 125 Å². The van der Waals surface area contributed by atoms with Crippen LogP contribution in [-0.2, 0) is 11.3 Å². The van der Waals surface area contributed by atoms with Crippen LogP contribution in [-0.4, -0.2) is 30.0 Å². The molecule has 2 aromatic heterocycles. The summed E-state index contributed by atoms with van der Waals surface area (Å²) in [6, 6.07) is 2.19. The maximum absolute atomic E-state index is 10.9. The van der Waals surface area contributed by atoms with Gasteiger partial charge in [-0.2, -0.15) is 0 Å². The van der Waals surface area contributed by atoms with E-state index in [0.717, 1.165) is 11.8 Å². The lowest BCUT2D eigenvalue weighted by Gasteiger charge is -2.31. The molecule has 8 heteroatoms. The number of anilines is 2. The van der Waals surface area contributed by atoms with Crippen LogP contribution in [0.15, 0.2) is 12.3 Å². The third-order valence-corrected chi connectivity index (χ3v) is 4.46. The number of rotatable bonds is 4. The smallest absolute Gasteiger partial charge is 0.183 e. The lowest BCUT2D eigenvalue weighted by Crippen LogP contribution is -2.31. The molecule has 1 saturated carbocycles. The fourth-order valence-corrected chi connectivity index (χ4v) is 3.24. The highest BCUT2D eigenvalue weighted by atomic mass is 32.2. The van der Waals surface area contributed by atoms with E-state index in [0.29, 0.717) is 23.3 Å². The van der Waals surface area contributed by atoms with Crippen LogP contribution in [0.4, 0.5) is 11.5 Å². The summed E-state index contributed by atoms with van der Waals surface area (Å²) >= 11 is -2.43. The van der Waals surface area contributed by atoms with E-state index in [-0.39, 0.29) is 5.82 Å². The lowest BCUT2D eigenvalue weighted by atomic mass is 9.86. The minimum Gasteiger partial charge on any atom is -0.755 e. The van der Waals surface area contributed by atoms with Gasteiger partial charge in [0.05, 0.1) is 5.69 Å². The molecule has 0 aliphatic heterocycles. The van der Waals surface area contributed by atoms with Crippen LogP contribution in [0.25, 0.3) is 11.0 Å². The monoisotopic (exact) mass is 308 g/mol. The van der Waals surface area contributed by atoms with Crippen LogP contribution in [0.3, 0.4) is 0 Å². The zero-order valence-corrected chi connectivity index (χ0v) is 12.6. The first kappa shape index (κ1) is 14.3. The second-order valence-electron chi connectivity index (χ2n) is 5.51. The molecule has 1 aliphatic carbocycles. The van der Waals surface area contributed by atoms with Crippen LogP contribution in [0.5, 0.6) is 0 Å². The maximum atomic E-state index is 10.9. The first-order valence-electron chi connectivity index (χ1n) is 7.11. The molecular weight excluding hydrogens is 290 g/mol. The Balaban J connectivity index is 1.97. The molecule has 21 heavy (non-hydrogen) atoms. The number of H-pyrrole nitrogens is 1. The summed E-state index contributed by atoms with van der Waals surface area (Å²) < 4.78 is 24.2. The molecule has 114 valence electrons. The topological polar surface area (TPSA) is 106 Å². The van der Waals surface area contributed by atoms with Gasteiger partial charge in [-0.25, -0.2) is 0 Å². The van der Waals surface area contributed by atoms with Gasteiger partial charge in [-0.15, -0.1) is 10.2 Å². The van der Waals surface area contributed by atoms with Crippen molar-refractivity contribution in [1.29, 1.82) is 0 Å². The van der Waals surface area contributed by atoms with E-state index in [2.05, 4.69) is 32.1 Å². The van der Waals surface area contributed by atoms with Crippen molar-refractivity contribution in [3.63, 3.8) is 0 Å². The Morgan fingerprint density at radius 1 is 1.38 bits per heavy atom. The third-order valence-electron chi connectivity index (χ3n) is 4.10. The van der Waals surface area contributed by atoms with E-state index in [1.54, 1.807) is 6.20 Å². The molecule has 0 spiro atoms. The minimum atomic E-state index is -2.43. The van der Waals surface area contributed by atoms with Crippen molar-refractivity contribution in [2.75, 3.05) is 10.0 Å². The normalized spacial score (nSPS) is 23.9. The Morgan fingerprint density at radius 3 is 2.95 bits per heavy atom. The van der Waals surface area contributed by atoms with Gasteiger partial charge >= 0.3 is 0 Å². The van der Waals surface area contributed by atoms with Gasteiger partial charge in [-0.3, -0.25) is 8.93 Å². The molecule has 3 atom stereocenters. The van der Waals surface area contributed by atoms with Crippen LogP contribution in [0.1, 0.15) is 32.6 Å². The highest BCUT2D eigenvalue weighted by Crippen LogP contribution is 2.33. The average Bonchev–Trinajstić information content (AvgIpc) is 2.91. The number of aromatic nitrogens is 3. The fraction of sp³-hybridized carbons (Fsp3) is 0.538. The first-order valence-corrected chi connectivity index (χ1v) is 8.19. The summed E-state index contributed by atoms with van der Waals surface area (Å²) in [6.07, 6.45) is 6.47. The fourth-order valence-electron chi connectivity index (χ4n) is 2.94. The van der Waals surface area contributed by atoms with E-state index < -0.39 is 11.3 Å². The van der Waals surface area contributed by atoms with Crippen molar-refractivity contribution in [3.05, 3.63) is 12.3 Å². The zero-order chi connectivity index (χ0) is 14.8. The van der Waals surface area contributed by atoms with Crippen molar-refractivity contribution in [2.45, 2.75) is 38.6 Å². The van der Waals surface area contributed by atoms with Crippen molar-refractivity contribution >= 4 is 33.8 Å². The van der Waals surface area contributed by atoms with Crippen molar-refractivity contribution in [3.8, 4) is 0 Å². The predicted molar refractivity (Wildman–Crippen MR) is 81.5 cm³/mol. The number of fused-ring (bicyclic) bond motifs is 1. The molecule has 2 aromatic rings. The summed E-state index contributed by atoms with van der Waals surface area (Å²) in [5, 5.41) is 12.3. The lowest BCUT2D eigenvalue weighted by molar-refractivity contribution is 0.350. The number of aromatic amines is 1. The van der Waals surface area contributed by atoms with Crippen molar-refractivity contribution in [2.24, 2.45) is 5.92 Å². The molecule has 0 saturated heterocycles. The predicted octanol–water partition coefficient (Wildman–Crippen LogP) is 2.15. The highest BCUT2D eigenvalue weighted by molar-refractivity contribution is 7.80. The molecule has 3 N–H and O–H groups in total. The van der Waals surface area contributed by atoms with E-state index in [1.165, 1.54) is 19.3 Å². The maximum Gasteiger partial charge on any atom is 0.183 e. The van der Waals surface area contributed by atoms with E-state index in [1.807, 2.05) is 6.07 Å². The summed E-state index contributed by atoms with van der Waals surface area (Å²) in [5.74, 6) is 0.791. The standard InChI is InChI=1S/C13H19N5O2S/c1-8-4-2-3-5-10(8)15-11-9-6-7-14-12(9)16-17-13(11)18-21(19)20/h6-8,10H,2-5H2,1H3,(H,17,18)(H,19,20)(H2,14,15,16)/p-1. The van der Waals surface area contributed by atoms with E-state index in [4.69, 9.17) is 0 Å². The SMILES string of the molecule is CC1CCCCC1Nc1c(NS(=O)[O-])nnc2[nH]ccc12. The highest BCUT2D eigenvalue weighted by Gasteiger charge is 2.23. The van der Waals surface area contributed by atoms with Gasteiger partial charge in [0, 0.05) is 28.9 Å². The quantitative estimate of drug-likeness (QED) is 0.750. The van der Waals surface area contributed by atoms with Gasteiger partial charge in [0.15, 0.2) is 11.5 Å². The number of nitrogens with one attached hydrogen (secondary N) is 3. The molecule has 1 aliphatic rings. The molecular formula is C13H18N5O2S-. The average molecular weight is 308 g/mol. The molecule has 0 bridgehead atoms. The first-order chi connectivity index (χ1) is 10.1. The molecule has 2 heterocycles. The molecule has 0 aromatic carbocycles. The third kappa shape index (κ3) is 3.01. The molecule has 3 rings (SSSR count). The Kier molecular flexibility index (Phi) is 4.07. The summed E-state index contributed by atoms with van der Waals surface area (Å²) in [5.41, 5.74) is 1.34. The molecule has 1 fully saturated rings. The number of hydrogen-bond acceptors (Lipinski definition) is 5. The minimum absolute atomic E-state index is 0.244. The Hall–Kier alpha value is -1.67. The van der Waals surface area contributed by atoms with Crippen LogP contribution in [0, 0.1) is 5.92 Å². The largest absolute Gasteiger partial charge is 0.755 e. The van der Waals surface area contributed by atoms with Crippen LogP contribution < -0.4 is 10.0 Å². The second-order valence-corrected chi connectivity index (χ2v) is 6.19. The Bertz CT molecular complexity index is 659. The molecule has 0 radical (unpaired) electrons. The van der Waals surface area contributed by atoms with Gasteiger partial charge in [-0.1, -0.05) is 19.8 Å². The molecule has 7 nitrogen and oxygen atoms in total. The van der Waals surface area contributed by atoms with Gasteiger partial charge in [0.2, 0.25) is 0 Å². The number of hydrogen-bond donors (Lipinski definition) is 3. The summed E-state index contributed by atoms with van der Waals surface area (Å²) in [4.78, 5) is 2.99. The number of nitrogens with zero attached hydrogens (tertiary/aromatic N) is 2. The van der Waals surface area contributed by atoms with Crippen LogP contribution in [0.2, 0.25) is 0 Å². The Morgan fingerprint density at radius 2 is 2.19 bits per heavy atom. The van der Waals surface area contributed by atoms with E-state index in [9.17, 15) is 8.76 Å². The van der Waals surface area contributed by atoms with Crippen molar-refractivity contribution in [1.82, 2.24) is 15.2 Å². The van der Waals surface area contributed by atoms with E-state index >= 15 is 0 Å². The van der Waals surface area contributed by atoms with Gasteiger partial charge < -0.3 is 14.9 Å². The second kappa shape index (κ2) is 5.98. The zero-order valence-electron chi connectivity index (χ0n) is 11.8. The van der Waals surface area contributed by atoms with Crippen LogP contribution >= 0.6 is 0 Å².